The van der Waals surface area contributed by atoms with Crippen LogP contribution >= 0.6 is 0 Å². The highest BCUT2D eigenvalue weighted by atomic mass is 16.5. The molecule has 0 aromatic rings. The van der Waals surface area contributed by atoms with Gasteiger partial charge in [-0.1, -0.05) is 6.42 Å². The van der Waals surface area contributed by atoms with Gasteiger partial charge in [-0.2, -0.15) is 0 Å². The highest BCUT2D eigenvalue weighted by Crippen LogP contribution is 2.15. The third-order valence-corrected chi connectivity index (χ3v) is 3.11. The van der Waals surface area contributed by atoms with Gasteiger partial charge in [0.05, 0.1) is 6.61 Å². The Kier molecular flexibility index (Phi) is 6.23. The summed E-state index contributed by atoms with van der Waals surface area (Å²) in [6, 6.07) is 0.705. The van der Waals surface area contributed by atoms with Crippen molar-refractivity contribution in [3.8, 4) is 0 Å². The van der Waals surface area contributed by atoms with Crippen LogP contribution in [0.5, 0.6) is 0 Å². The molecule has 1 aliphatic heterocycles. The lowest BCUT2D eigenvalue weighted by molar-refractivity contribution is 0.146. The van der Waals surface area contributed by atoms with E-state index >= 15 is 0 Å². The molecule has 94 valence electrons. The van der Waals surface area contributed by atoms with Crippen molar-refractivity contribution >= 4 is 6.09 Å². The molecule has 0 bridgehead atoms. The fourth-order valence-electron chi connectivity index (χ4n) is 2.14. The maximum absolute atomic E-state index is 11.0. The predicted molar refractivity (Wildman–Crippen MR) is 64.5 cm³/mol. The van der Waals surface area contributed by atoms with Crippen LogP contribution < -0.4 is 5.32 Å². The van der Waals surface area contributed by atoms with Crippen molar-refractivity contribution in [1.82, 2.24) is 10.2 Å². The molecule has 0 aromatic heterocycles. The summed E-state index contributed by atoms with van der Waals surface area (Å²) >= 11 is 0. The van der Waals surface area contributed by atoms with E-state index in [9.17, 15) is 4.79 Å². The summed E-state index contributed by atoms with van der Waals surface area (Å²) in [7, 11) is 0. The van der Waals surface area contributed by atoms with Crippen LogP contribution in [0, 0.1) is 0 Å². The van der Waals surface area contributed by atoms with E-state index in [1.165, 1.54) is 25.8 Å². The first-order valence-electron chi connectivity index (χ1n) is 6.38. The molecule has 0 aliphatic carbocycles. The predicted octanol–water partition coefficient (Wildman–Crippen LogP) is 2.00. The van der Waals surface area contributed by atoms with Gasteiger partial charge in [0.25, 0.3) is 0 Å². The van der Waals surface area contributed by atoms with E-state index in [0.29, 0.717) is 19.2 Å². The molecule has 0 unspecified atom stereocenters. The first kappa shape index (κ1) is 13.3. The van der Waals surface area contributed by atoms with Crippen LogP contribution in [0.15, 0.2) is 0 Å². The summed E-state index contributed by atoms with van der Waals surface area (Å²) in [5, 5.41) is 2.75. The number of alkyl carbamates (subject to hydrolysis) is 1. The second-order valence-corrected chi connectivity index (χ2v) is 4.38. The minimum Gasteiger partial charge on any atom is -0.450 e. The van der Waals surface area contributed by atoms with Crippen LogP contribution in [0.4, 0.5) is 4.79 Å². The smallest absolute Gasteiger partial charge is 0.407 e. The first-order valence-corrected chi connectivity index (χ1v) is 6.38. The van der Waals surface area contributed by atoms with E-state index in [-0.39, 0.29) is 6.09 Å². The largest absolute Gasteiger partial charge is 0.450 e. The van der Waals surface area contributed by atoms with Crippen LogP contribution in [0.1, 0.15) is 39.5 Å². The Morgan fingerprint density at radius 1 is 1.50 bits per heavy atom. The second-order valence-electron chi connectivity index (χ2n) is 4.38. The van der Waals surface area contributed by atoms with Crippen molar-refractivity contribution < 1.29 is 9.53 Å². The number of nitrogens with one attached hydrogen (secondary N) is 1. The summed E-state index contributed by atoms with van der Waals surface area (Å²) in [4.78, 5) is 13.5. The molecule has 4 heteroatoms. The van der Waals surface area contributed by atoms with Crippen LogP contribution in [-0.4, -0.2) is 43.3 Å². The standard InChI is InChI=1S/C12H24N2O2/c1-3-16-12(15)13-8-6-10-14-9-5-4-7-11(14)2/h11H,3-10H2,1-2H3,(H,13,15)/t11-/m1/s1. The molecule has 1 heterocycles. The zero-order valence-corrected chi connectivity index (χ0v) is 10.5. The lowest BCUT2D eigenvalue weighted by Crippen LogP contribution is -2.39. The molecule has 1 amide bonds. The Morgan fingerprint density at radius 2 is 2.31 bits per heavy atom. The Hall–Kier alpha value is -0.770. The summed E-state index contributed by atoms with van der Waals surface area (Å²) in [6.07, 6.45) is 4.69. The first-order chi connectivity index (χ1) is 7.74. The molecule has 1 atom stereocenters. The number of ether oxygens (including phenoxy) is 1. The third kappa shape index (κ3) is 4.84. The number of hydrogen-bond acceptors (Lipinski definition) is 3. The van der Waals surface area contributed by atoms with E-state index < -0.39 is 0 Å². The normalized spacial score (nSPS) is 21.8. The molecule has 0 aromatic carbocycles. The summed E-state index contributed by atoms with van der Waals surface area (Å²) < 4.78 is 4.79. The van der Waals surface area contributed by atoms with Gasteiger partial charge in [-0.25, -0.2) is 4.79 Å². The van der Waals surface area contributed by atoms with Gasteiger partial charge < -0.3 is 15.0 Å². The van der Waals surface area contributed by atoms with Gasteiger partial charge in [-0.05, 0) is 39.7 Å². The number of nitrogens with zero attached hydrogens (tertiary/aromatic N) is 1. The van der Waals surface area contributed by atoms with E-state index in [0.717, 1.165) is 13.0 Å². The molecule has 1 rings (SSSR count). The highest BCUT2D eigenvalue weighted by Gasteiger charge is 2.17. The SMILES string of the molecule is CCOC(=O)NCCCN1CCCC[C@H]1C. The quantitative estimate of drug-likeness (QED) is 0.732. The number of carbonyl (C=O) groups is 1. The van der Waals surface area contributed by atoms with Crippen molar-refractivity contribution in [3.63, 3.8) is 0 Å². The van der Waals surface area contributed by atoms with Gasteiger partial charge in [-0.3, -0.25) is 0 Å². The van der Waals surface area contributed by atoms with Crippen LogP contribution in [0.2, 0.25) is 0 Å². The Balaban J connectivity index is 2.03. The summed E-state index contributed by atoms with van der Waals surface area (Å²) in [5.74, 6) is 0. The lowest BCUT2D eigenvalue weighted by atomic mass is 10.0. The number of piperidine rings is 1. The van der Waals surface area contributed by atoms with Crippen molar-refractivity contribution in [1.29, 1.82) is 0 Å². The lowest BCUT2D eigenvalue weighted by Gasteiger charge is -2.33. The van der Waals surface area contributed by atoms with Gasteiger partial charge in [-0.15, -0.1) is 0 Å². The molecular formula is C12H24N2O2. The minimum atomic E-state index is -0.297. The van der Waals surface area contributed by atoms with Gasteiger partial charge >= 0.3 is 6.09 Å². The molecule has 0 spiro atoms. The number of hydrogen-bond donors (Lipinski definition) is 1. The molecule has 16 heavy (non-hydrogen) atoms. The van der Waals surface area contributed by atoms with E-state index in [2.05, 4.69) is 17.1 Å². The number of likely N-dealkylation sites (tertiary alicyclic amines) is 1. The molecule has 4 nitrogen and oxygen atoms in total. The fraction of sp³-hybridized carbons (Fsp3) is 0.917. The van der Waals surface area contributed by atoms with Crippen LogP contribution in [-0.2, 0) is 4.74 Å². The maximum atomic E-state index is 11.0. The fourth-order valence-corrected chi connectivity index (χ4v) is 2.14. The van der Waals surface area contributed by atoms with Gasteiger partial charge in [0.1, 0.15) is 0 Å². The van der Waals surface area contributed by atoms with Crippen molar-refractivity contribution in [2.45, 2.75) is 45.6 Å². The molecule has 1 saturated heterocycles. The minimum absolute atomic E-state index is 0.297. The third-order valence-electron chi connectivity index (χ3n) is 3.11. The molecule has 0 radical (unpaired) electrons. The Bertz CT molecular complexity index is 209. The molecule has 0 saturated carbocycles. The van der Waals surface area contributed by atoms with E-state index in [4.69, 9.17) is 4.74 Å². The average Bonchev–Trinajstić information content (AvgIpc) is 2.27. The molecule has 1 fully saturated rings. The van der Waals surface area contributed by atoms with Gasteiger partial charge in [0, 0.05) is 19.1 Å². The number of rotatable bonds is 5. The maximum Gasteiger partial charge on any atom is 0.407 e. The van der Waals surface area contributed by atoms with Crippen molar-refractivity contribution in [2.75, 3.05) is 26.2 Å². The van der Waals surface area contributed by atoms with E-state index in [1.54, 1.807) is 0 Å². The molecule has 1 aliphatic rings. The second kappa shape index (κ2) is 7.49. The van der Waals surface area contributed by atoms with E-state index in [1.807, 2.05) is 6.92 Å². The summed E-state index contributed by atoms with van der Waals surface area (Å²) in [5.41, 5.74) is 0. The number of amides is 1. The van der Waals surface area contributed by atoms with Crippen LogP contribution in [0.25, 0.3) is 0 Å². The number of carbonyl (C=O) groups excluding carboxylic acids is 1. The Labute approximate surface area is 98.3 Å². The summed E-state index contributed by atoms with van der Waals surface area (Å²) in [6.45, 7) is 7.54. The zero-order chi connectivity index (χ0) is 11.8. The molecular weight excluding hydrogens is 204 g/mol. The van der Waals surface area contributed by atoms with Crippen molar-refractivity contribution in [2.24, 2.45) is 0 Å². The Morgan fingerprint density at radius 3 is 3.00 bits per heavy atom. The van der Waals surface area contributed by atoms with Crippen LogP contribution in [0.3, 0.4) is 0 Å². The van der Waals surface area contributed by atoms with Crippen molar-refractivity contribution in [3.05, 3.63) is 0 Å². The monoisotopic (exact) mass is 228 g/mol. The zero-order valence-electron chi connectivity index (χ0n) is 10.5. The van der Waals surface area contributed by atoms with Gasteiger partial charge in [0.2, 0.25) is 0 Å². The molecule has 1 N–H and O–H groups in total. The highest BCUT2D eigenvalue weighted by molar-refractivity contribution is 5.66. The average molecular weight is 228 g/mol. The van der Waals surface area contributed by atoms with Gasteiger partial charge in [0.15, 0.2) is 0 Å². The topological polar surface area (TPSA) is 41.6 Å².